The van der Waals surface area contributed by atoms with Crippen molar-refractivity contribution in [3.05, 3.63) is 42.6 Å². The minimum atomic E-state index is -0.539. The standard InChI is InChI=1S/C17H24N4O3/c22-15(12-23-13-16-5-2-9-24-16)10-20-14-4-1-8-21(11-14)17-18-6-3-7-19-17/h2-3,5-7,9,14-15,20,22H,1,4,8,10-13H2/t14-,15+/m0/s1. The molecule has 1 fully saturated rings. The Bertz CT molecular complexity index is 579. The topological polar surface area (TPSA) is 83.7 Å². The normalized spacial score (nSPS) is 19.4. The molecule has 3 rings (SSSR count). The van der Waals surface area contributed by atoms with Crippen LogP contribution >= 0.6 is 0 Å². The number of nitrogens with one attached hydrogen (secondary N) is 1. The zero-order chi connectivity index (χ0) is 16.6. The van der Waals surface area contributed by atoms with E-state index in [9.17, 15) is 5.11 Å². The molecule has 0 amide bonds. The lowest BCUT2D eigenvalue weighted by molar-refractivity contribution is 0.0213. The molecule has 0 radical (unpaired) electrons. The van der Waals surface area contributed by atoms with E-state index in [0.29, 0.717) is 19.2 Å². The molecule has 0 bridgehead atoms. The Labute approximate surface area is 141 Å². The predicted molar refractivity (Wildman–Crippen MR) is 89.6 cm³/mol. The number of nitrogens with zero attached hydrogens (tertiary/aromatic N) is 3. The second-order valence-electron chi connectivity index (χ2n) is 5.99. The number of piperidine rings is 1. The van der Waals surface area contributed by atoms with Crippen LogP contribution in [0.25, 0.3) is 0 Å². The molecule has 3 heterocycles. The first-order valence-corrected chi connectivity index (χ1v) is 8.35. The summed E-state index contributed by atoms with van der Waals surface area (Å²) in [5, 5.41) is 13.4. The largest absolute Gasteiger partial charge is 0.467 e. The van der Waals surface area contributed by atoms with Gasteiger partial charge in [0.2, 0.25) is 5.95 Å². The SMILES string of the molecule is O[C@H](CN[C@H]1CCCN(c2ncccn2)C1)COCc1ccco1. The van der Waals surface area contributed by atoms with E-state index in [1.54, 1.807) is 18.7 Å². The van der Waals surface area contributed by atoms with Crippen molar-refractivity contribution >= 4 is 5.95 Å². The van der Waals surface area contributed by atoms with Gasteiger partial charge in [0.25, 0.3) is 0 Å². The minimum Gasteiger partial charge on any atom is -0.467 e. The third-order valence-corrected chi connectivity index (χ3v) is 4.03. The van der Waals surface area contributed by atoms with Crippen LogP contribution in [0.3, 0.4) is 0 Å². The van der Waals surface area contributed by atoms with E-state index in [1.165, 1.54) is 0 Å². The molecule has 130 valence electrons. The zero-order valence-corrected chi connectivity index (χ0v) is 13.7. The van der Waals surface area contributed by atoms with Gasteiger partial charge in [-0.2, -0.15) is 0 Å². The van der Waals surface area contributed by atoms with Crippen molar-refractivity contribution in [3.63, 3.8) is 0 Å². The van der Waals surface area contributed by atoms with Crippen LogP contribution in [-0.2, 0) is 11.3 Å². The van der Waals surface area contributed by atoms with Gasteiger partial charge < -0.3 is 24.5 Å². The fourth-order valence-corrected chi connectivity index (χ4v) is 2.83. The third kappa shape index (κ3) is 5.02. The number of furan rings is 1. The van der Waals surface area contributed by atoms with Crippen LogP contribution in [0.5, 0.6) is 0 Å². The lowest BCUT2D eigenvalue weighted by atomic mass is 10.1. The molecule has 2 atom stereocenters. The van der Waals surface area contributed by atoms with Gasteiger partial charge in [-0.25, -0.2) is 9.97 Å². The molecule has 0 aromatic carbocycles. The quantitative estimate of drug-likeness (QED) is 0.751. The Morgan fingerprint density at radius 2 is 2.25 bits per heavy atom. The second kappa shape index (κ2) is 8.77. The molecule has 1 aliphatic heterocycles. The lowest BCUT2D eigenvalue weighted by Crippen LogP contribution is -2.48. The molecule has 0 spiro atoms. The molecule has 0 saturated carbocycles. The van der Waals surface area contributed by atoms with Crippen molar-refractivity contribution in [2.24, 2.45) is 0 Å². The minimum absolute atomic E-state index is 0.284. The van der Waals surface area contributed by atoms with Crippen LogP contribution < -0.4 is 10.2 Å². The van der Waals surface area contributed by atoms with E-state index in [4.69, 9.17) is 9.15 Å². The highest BCUT2D eigenvalue weighted by molar-refractivity contribution is 5.29. The number of hydrogen-bond acceptors (Lipinski definition) is 7. The highest BCUT2D eigenvalue weighted by atomic mass is 16.5. The third-order valence-electron chi connectivity index (χ3n) is 4.03. The van der Waals surface area contributed by atoms with E-state index in [1.807, 2.05) is 18.2 Å². The zero-order valence-electron chi connectivity index (χ0n) is 13.7. The molecular formula is C17H24N4O3. The van der Waals surface area contributed by atoms with Gasteiger partial charge in [-0.1, -0.05) is 0 Å². The number of aromatic nitrogens is 2. The summed E-state index contributed by atoms with van der Waals surface area (Å²) in [6.07, 6.45) is 6.77. The highest BCUT2D eigenvalue weighted by Crippen LogP contribution is 2.15. The van der Waals surface area contributed by atoms with Crippen LogP contribution in [-0.4, -0.2) is 53.5 Å². The first kappa shape index (κ1) is 16.9. The van der Waals surface area contributed by atoms with E-state index in [-0.39, 0.29) is 6.61 Å². The average molecular weight is 332 g/mol. The fraction of sp³-hybridized carbons (Fsp3) is 0.529. The predicted octanol–water partition coefficient (Wildman–Crippen LogP) is 1.21. The molecule has 0 unspecified atom stereocenters. The maximum atomic E-state index is 10.0. The molecule has 2 aromatic heterocycles. The Morgan fingerprint density at radius 1 is 1.38 bits per heavy atom. The number of rotatable bonds is 8. The van der Waals surface area contributed by atoms with Gasteiger partial charge in [-0.3, -0.25) is 0 Å². The number of aliphatic hydroxyl groups excluding tert-OH is 1. The summed E-state index contributed by atoms with van der Waals surface area (Å²) in [4.78, 5) is 10.8. The average Bonchev–Trinajstić information content (AvgIpc) is 3.14. The van der Waals surface area contributed by atoms with Gasteiger partial charge in [0, 0.05) is 38.1 Å². The molecule has 1 saturated heterocycles. The molecule has 7 nitrogen and oxygen atoms in total. The number of ether oxygens (including phenoxy) is 1. The molecular weight excluding hydrogens is 308 g/mol. The molecule has 24 heavy (non-hydrogen) atoms. The van der Waals surface area contributed by atoms with Gasteiger partial charge in [0.05, 0.1) is 19.0 Å². The maximum absolute atomic E-state index is 10.0. The van der Waals surface area contributed by atoms with E-state index in [2.05, 4.69) is 20.2 Å². The number of hydrogen-bond donors (Lipinski definition) is 2. The van der Waals surface area contributed by atoms with Crippen molar-refractivity contribution in [2.75, 3.05) is 31.1 Å². The van der Waals surface area contributed by atoms with Crippen LogP contribution in [0.2, 0.25) is 0 Å². The van der Waals surface area contributed by atoms with Crippen molar-refractivity contribution in [3.8, 4) is 0 Å². The Morgan fingerprint density at radius 3 is 3.04 bits per heavy atom. The van der Waals surface area contributed by atoms with Gasteiger partial charge in [-0.15, -0.1) is 0 Å². The van der Waals surface area contributed by atoms with E-state index in [0.717, 1.165) is 37.6 Å². The van der Waals surface area contributed by atoms with Gasteiger partial charge in [-0.05, 0) is 31.0 Å². The molecule has 0 aliphatic carbocycles. The second-order valence-corrected chi connectivity index (χ2v) is 5.99. The first-order chi connectivity index (χ1) is 11.8. The van der Waals surface area contributed by atoms with Crippen molar-refractivity contribution in [1.82, 2.24) is 15.3 Å². The van der Waals surface area contributed by atoms with Gasteiger partial charge >= 0.3 is 0 Å². The van der Waals surface area contributed by atoms with Crippen molar-refractivity contribution < 1.29 is 14.3 Å². The van der Waals surface area contributed by atoms with E-state index < -0.39 is 6.10 Å². The summed E-state index contributed by atoms with van der Waals surface area (Å²) in [5.41, 5.74) is 0. The summed E-state index contributed by atoms with van der Waals surface area (Å²) in [6.45, 7) is 2.99. The van der Waals surface area contributed by atoms with Crippen LogP contribution in [0.1, 0.15) is 18.6 Å². The molecule has 1 aliphatic rings. The van der Waals surface area contributed by atoms with Gasteiger partial charge in [0.15, 0.2) is 0 Å². The number of aliphatic hydroxyl groups is 1. The number of anilines is 1. The Kier molecular flexibility index (Phi) is 6.17. The molecule has 7 heteroatoms. The summed E-state index contributed by atoms with van der Waals surface area (Å²) >= 11 is 0. The monoisotopic (exact) mass is 332 g/mol. The summed E-state index contributed by atoms with van der Waals surface area (Å²) < 4.78 is 10.6. The summed E-state index contributed by atoms with van der Waals surface area (Å²) in [7, 11) is 0. The molecule has 2 aromatic rings. The Balaban J connectivity index is 1.36. The fourth-order valence-electron chi connectivity index (χ4n) is 2.83. The van der Waals surface area contributed by atoms with Crippen molar-refractivity contribution in [1.29, 1.82) is 0 Å². The summed E-state index contributed by atoms with van der Waals surface area (Å²) in [5.74, 6) is 1.53. The molecule has 2 N–H and O–H groups in total. The van der Waals surface area contributed by atoms with Crippen LogP contribution in [0.15, 0.2) is 41.3 Å². The van der Waals surface area contributed by atoms with Crippen LogP contribution in [0.4, 0.5) is 5.95 Å². The van der Waals surface area contributed by atoms with E-state index >= 15 is 0 Å². The highest BCUT2D eigenvalue weighted by Gasteiger charge is 2.21. The smallest absolute Gasteiger partial charge is 0.225 e. The van der Waals surface area contributed by atoms with Gasteiger partial charge in [0.1, 0.15) is 12.4 Å². The van der Waals surface area contributed by atoms with Crippen LogP contribution in [0, 0.1) is 0 Å². The Hall–Kier alpha value is -1.96. The first-order valence-electron chi connectivity index (χ1n) is 8.35. The lowest BCUT2D eigenvalue weighted by Gasteiger charge is -2.33. The van der Waals surface area contributed by atoms with Crippen molar-refractivity contribution in [2.45, 2.75) is 31.6 Å². The maximum Gasteiger partial charge on any atom is 0.225 e. The summed E-state index contributed by atoms with van der Waals surface area (Å²) in [6, 6.07) is 5.82.